The maximum Gasteiger partial charge on any atom is 0.187 e. The number of hydrogen-bond donors (Lipinski definition) is 2. The molecular weight excluding hydrogens is 240 g/mol. The van der Waals surface area contributed by atoms with Crippen LogP contribution in [0.25, 0.3) is 0 Å². The third-order valence-electron chi connectivity index (χ3n) is 2.68. The number of phenolic OH excluding ortho intramolecular Hbond substituents is 1. The van der Waals surface area contributed by atoms with Gasteiger partial charge in [0, 0.05) is 19.7 Å². The van der Waals surface area contributed by atoms with Gasteiger partial charge in [0.2, 0.25) is 0 Å². The molecule has 0 saturated heterocycles. The lowest BCUT2D eigenvalue weighted by Gasteiger charge is -2.17. The zero-order chi connectivity index (χ0) is 13.5. The SMILES string of the molecule is CCCC(COC)NCc1cc(F)c(O)c(F)c1. The third-order valence-corrected chi connectivity index (χ3v) is 2.68. The first kappa shape index (κ1) is 14.9. The van der Waals surface area contributed by atoms with Crippen LogP contribution in [0.15, 0.2) is 12.1 Å². The van der Waals surface area contributed by atoms with Gasteiger partial charge >= 0.3 is 0 Å². The Morgan fingerprint density at radius 1 is 1.33 bits per heavy atom. The highest BCUT2D eigenvalue weighted by Crippen LogP contribution is 2.21. The van der Waals surface area contributed by atoms with Gasteiger partial charge < -0.3 is 15.2 Å². The van der Waals surface area contributed by atoms with Crippen molar-refractivity contribution in [3.8, 4) is 5.75 Å². The Labute approximate surface area is 106 Å². The molecule has 0 spiro atoms. The van der Waals surface area contributed by atoms with E-state index in [0.29, 0.717) is 18.7 Å². The lowest BCUT2D eigenvalue weighted by molar-refractivity contribution is 0.161. The van der Waals surface area contributed by atoms with E-state index in [1.807, 2.05) is 0 Å². The summed E-state index contributed by atoms with van der Waals surface area (Å²) in [6, 6.07) is 2.41. The number of methoxy groups -OCH3 is 1. The summed E-state index contributed by atoms with van der Waals surface area (Å²) in [6.07, 6.45) is 1.93. The smallest absolute Gasteiger partial charge is 0.187 e. The molecule has 0 aromatic heterocycles. The summed E-state index contributed by atoms with van der Waals surface area (Å²) in [5, 5.41) is 12.2. The van der Waals surface area contributed by atoms with Crippen LogP contribution in [0, 0.1) is 11.6 Å². The Kier molecular flexibility index (Phi) is 6.01. The first-order valence-electron chi connectivity index (χ1n) is 5.97. The van der Waals surface area contributed by atoms with Crippen molar-refractivity contribution in [3.63, 3.8) is 0 Å². The lowest BCUT2D eigenvalue weighted by Crippen LogP contribution is -2.32. The van der Waals surface area contributed by atoms with Gasteiger partial charge in [0.15, 0.2) is 17.4 Å². The number of halogens is 2. The van der Waals surface area contributed by atoms with E-state index in [2.05, 4.69) is 12.2 Å². The zero-order valence-electron chi connectivity index (χ0n) is 10.7. The Morgan fingerprint density at radius 2 is 1.94 bits per heavy atom. The summed E-state index contributed by atoms with van der Waals surface area (Å²) in [4.78, 5) is 0. The van der Waals surface area contributed by atoms with Crippen LogP contribution in [-0.2, 0) is 11.3 Å². The maximum atomic E-state index is 13.1. The second-order valence-corrected chi connectivity index (χ2v) is 4.23. The normalized spacial score (nSPS) is 12.7. The molecule has 1 aromatic carbocycles. The molecule has 0 bridgehead atoms. The summed E-state index contributed by atoms with van der Waals surface area (Å²) < 4.78 is 31.3. The summed E-state index contributed by atoms with van der Waals surface area (Å²) in [6.45, 7) is 2.95. The van der Waals surface area contributed by atoms with E-state index < -0.39 is 17.4 Å². The quantitative estimate of drug-likeness (QED) is 0.790. The van der Waals surface area contributed by atoms with Crippen LogP contribution in [0.4, 0.5) is 8.78 Å². The van der Waals surface area contributed by atoms with Gasteiger partial charge in [-0.2, -0.15) is 0 Å². The fourth-order valence-electron chi connectivity index (χ4n) is 1.78. The molecular formula is C13H19F2NO2. The molecule has 0 heterocycles. The summed E-state index contributed by atoms with van der Waals surface area (Å²) in [7, 11) is 1.62. The largest absolute Gasteiger partial charge is 0.503 e. The van der Waals surface area contributed by atoms with Crippen molar-refractivity contribution in [2.75, 3.05) is 13.7 Å². The number of rotatable bonds is 7. The van der Waals surface area contributed by atoms with Crippen LogP contribution < -0.4 is 5.32 Å². The van der Waals surface area contributed by atoms with Gasteiger partial charge in [-0.1, -0.05) is 13.3 Å². The number of hydrogen-bond acceptors (Lipinski definition) is 3. The predicted octanol–water partition coefficient (Wildman–Crippen LogP) is 2.58. The minimum Gasteiger partial charge on any atom is -0.503 e. The predicted molar refractivity (Wildman–Crippen MR) is 65.4 cm³/mol. The molecule has 1 atom stereocenters. The van der Waals surface area contributed by atoms with Crippen LogP contribution in [0.3, 0.4) is 0 Å². The molecule has 0 aliphatic rings. The Balaban J connectivity index is 2.61. The molecule has 0 aliphatic carbocycles. The van der Waals surface area contributed by atoms with E-state index in [1.54, 1.807) is 7.11 Å². The highest BCUT2D eigenvalue weighted by molar-refractivity contribution is 5.29. The van der Waals surface area contributed by atoms with Gasteiger partial charge in [-0.25, -0.2) is 8.78 Å². The van der Waals surface area contributed by atoms with Crippen LogP contribution in [0.2, 0.25) is 0 Å². The minimum atomic E-state index is -0.939. The molecule has 102 valence electrons. The molecule has 1 rings (SSSR count). The van der Waals surface area contributed by atoms with Gasteiger partial charge in [-0.3, -0.25) is 0 Å². The molecule has 18 heavy (non-hydrogen) atoms. The number of aromatic hydroxyl groups is 1. The van der Waals surface area contributed by atoms with Crippen molar-refractivity contribution in [1.29, 1.82) is 0 Å². The Hall–Kier alpha value is -1.20. The maximum absolute atomic E-state index is 13.1. The average Bonchev–Trinajstić information content (AvgIpc) is 2.33. The van der Waals surface area contributed by atoms with E-state index in [1.165, 1.54) is 0 Å². The van der Waals surface area contributed by atoms with Crippen molar-refractivity contribution >= 4 is 0 Å². The number of ether oxygens (including phenoxy) is 1. The number of benzene rings is 1. The highest BCUT2D eigenvalue weighted by atomic mass is 19.1. The fraction of sp³-hybridized carbons (Fsp3) is 0.538. The third kappa shape index (κ3) is 4.23. The van der Waals surface area contributed by atoms with Crippen molar-refractivity contribution in [3.05, 3.63) is 29.3 Å². The molecule has 5 heteroatoms. The van der Waals surface area contributed by atoms with E-state index >= 15 is 0 Å². The average molecular weight is 259 g/mol. The standard InChI is InChI=1S/C13H19F2NO2/c1-3-4-10(8-18-2)16-7-9-5-11(14)13(17)12(15)6-9/h5-6,10,16-17H,3-4,7-8H2,1-2H3. The van der Waals surface area contributed by atoms with E-state index in [0.717, 1.165) is 25.0 Å². The molecule has 1 aromatic rings. The van der Waals surface area contributed by atoms with Gasteiger partial charge in [0.05, 0.1) is 6.61 Å². The summed E-state index contributed by atoms with van der Waals surface area (Å²) in [5.74, 6) is -2.81. The molecule has 0 fully saturated rings. The second-order valence-electron chi connectivity index (χ2n) is 4.23. The van der Waals surface area contributed by atoms with Crippen LogP contribution >= 0.6 is 0 Å². The highest BCUT2D eigenvalue weighted by Gasteiger charge is 2.11. The van der Waals surface area contributed by atoms with E-state index in [-0.39, 0.29) is 6.04 Å². The topological polar surface area (TPSA) is 41.5 Å². The molecule has 2 N–H and O–H groups in total. The molecule has 0 aliphatic heterocycles. The lowest BCUT2D eigenvalue weighted by atomic mass is 10.1. The molecule has 1 unspecified atom stereocenters. The van der Waals surface area contributed by atoms with Crippen LogP contribution in [-0.4, -0.2) is 24.9 Å². The number of phenols is 1. The van der Waals surface area contributed by atoms with Gasteiger partial charge in [0.1, 0.15) is 0 Å². The second kappa shape index (κ2) is 7.28. The first-order chi connectivity index (χ1) is 8.58. The summed E-state index contributed by atoms with van der Waals surface area (Å²) in [5.41, 5.74) is 0.458. The molecule has 0 saturated carbocycles. The first-order valence-corrected chi connectivity index (χ1v) is 5.97. The Bertz CT molecular complexity index is 356. The molecule has 3 nitrogen and oxygen atoms in total. The van der Waals surface area contributed by atoms with Gasteiger partial charge in [-0.05, 0) is 24.1 Å². The number of nitrogens with one attached hydrogen (secondary N) is 1. The van der Waals surface area contributed by atoms with Crippen molar-refractivity contribution < 1.29 is 18.6 Å². The zero-order valence-corrected chi connectivity index (χ0v) is 10.7. The minimum absolute atomic E-state index is 0.153. The van der Waals surface area contributed by atoms with Gasteiger partial charge in [0.25, 0.3) is 0 Å². The van der Waals surface area contributed by atoms with E-state index in [4.69, 9.17) is 9.84 Å². The molecule has 0 radical (unpaired) electrons. The van der Waals surface area contributed by atoms with Crippen molar-refractivity contribution in [1.82, 2.24) is 5.32 Å². The van der Waals surface area contributed by atoms with Crippen LogP contribution in [0.1, 0.15) is 25.3 Å². The fourth-order valence-corrected chi connectivity index (χ4v) is 1.78. The summed E-state index contributed by atoms with van der Waals surface area (Å²) >= 11 is 0. The monoisotopic (exact) mass is 259 g/mol. The van der Waals surface area contributed by atoms with Crippen molar-refractivity contribution in [2.45, 2.75) is 32.4 Å². The molecule has 0 amide bonds. The Morgan fingerprint density at radius 3 is 2.44 bits per heavy atom. The van der Waals surface area contributed by atoms with E-state index in [9.17, 15) is 8.78 Å². The van der Waals surface area contributed by atoms with Crippen molar-refractivity contribution in [2.24, 2.45) is 0 Å². The van der Waals surface area contributed by atoms with Gasteiger partial charge in [-0.15, -0.1) is 0 Å². The van der Waals surface area contributed by atoms with Crippen LogP contribution in [0.5, 0.6) is 5.75 Å².